The average molecular weight is 650 g/mol. The second-order valence-electron chi connectivity index (χ2n) is 9.08. The summed E-state index contributed by atoms with van der Waals surface area (Å²) in [7, 11) is 0. The first-order valence-corrected chi connectivity index (χ1v) is 13.8. The number of nitrogens with zero attached hydrogens (tertiary/aromatic N) is 2. The molecule has 0 atom stereocenters. The summed E-state index contributed by atoms with van der Waals surface area (Å²) in [6, 6.07) is 12.3. The van der Waals surface area contributed by atoms with E-state index >= 15 is 0 Å². The van der Waals surface area contributed by atoms with Crippen molar-refractivity contribution >= 4 is 76.2 Å². The highest BCUT2D eigenvalue weighted by Crippen LogP contribution is 2.43. The van der Waals surface area contributed by atoms with Crippen LogP contribution in [0, 0.1) is 5.82 Å². The summed E-state index contributed by atoms with van der Waals surface area (Å²) >= 11 is 25.1. The molecular weight excluding hydrogens is 629 g/mol. The zero-order chi connectivity index (χ0) is 30.3. The molecule has 1 aliphatic heterocycles. The molecule has 5 nitrogen and oxygen atoms in total. The van der Waals surface area contributed by atoms with Crippen LogP contribution in [-0.2, 0) is 0 Å². The van der Waals surface area contributed by atoms with Gasteiger partial charge in [0.15, 0.2) is 10.3 Å². The third-order valence-corrected chi connectivity index (χ3v) is 7.48. The molecule has 0 saturated carbocycles. The maximum atomic E-state index is 14.7. The van der Waals surface area contributed by atoms with Crippen LogP contribution in [0.4, 0.5) is 23.2 Å². The number of rotatable bonds is 7. The van der Waals surface area contributed by atoms with Gasteiger partial charge in [0.2, 0.25) is 5.91 Å². The Bertz CT molecular complexity index is 1500. The number of amides is 2. The summed E-state index contributed by atoms with van der Waals surface area (Å²) in [5.41, 5.74) is 0.402. The number of fused-ring (bicyclic) bond motifs is 1. The molecule has 0 aromatic heterocycles. The molecule has 0 spiro atoms. The maximum Gasteiger partial charge on any atom is 0.422 e. The van der Waals surface area contributed by atoms with Crippen LogP contribution in [0.25, 0.3) is 11.1 Å². The van der Waals surface area contributed by atoms with Crippen LogP contribution in [0.1, 0.15) is 34.6 Å². The summed E-state index contributed by atoms with van der Waals surface area (Å²) in [6.45, 7) is 1.50. The van der Waals surface area contributed by atoms with E-state index in [1.165, 1.54) is 42.5 Å². The molecule has 0 fully saturated rings. The Morgan fingerprint density at radius 1 is 1.02 bits per heavy atom. The van der Waals surface area contributed by atoms with Crippen molar-refractivity contribution in [3.63, 3.8) is 0 Å². The zero-order valence-corrected chi connectivity index (χ0v) is 24.6. The molecule has 0 N–H and O–H groups in total. The topological polar surface area (TPSA) is 49.9 Å². The van der Waals surface area contributed by atoms with E-state index in [2.05, 4.69) is 0 Å². The quantitative estimate of drug-likeness (QED) is 0.153. The van der Waals surface area contributed by atoms with E-state index in [0.717, 1.165) is 10.9 Å². The molecule has 2 amide bonds. The number of carbonyl (C=O) groups is 2. The van der Waals surface area contributed by atoms with Gasteiger partial charge in [0, 0.05) is 29.2 Å². The molecule has 216 valence electrons. The Hall–Kier alpha value is -2.66. The predicted molar refractivity (Wildman–Crippen MR) is 155 cm³/mol. The van der Waals surface area contributed by atoms with E-state index < -0.39 is 40.8 Å². The highest BCUT2D eigenvalue weighted by Gasteiger charge is 2.54. The molecule has 1 aliphatic rings. The van der Waals surface area contributed by atoms with E-state index in [1.54, 1.807) is 11.0 Å². The molecule has 0 bridgehead atoms. The number of carbonyl (C=O) groups excluding carboxylic acids is 2. The summed E-state index contributed by atoms with van der Waals surface area (Å²) in [5, 5.41) is 0.210. The monoisotopic (exact) mass is 648 g/mol. The number of halogens is 8. The van der Waals surface area contributed by atoms with E-state index in [4.69, 9.17) is 51.1 Å². The minimum absolute atomic E-state index is 0.0477. The minimum Gasteiger partial charge on any atom is -0.482 e. The van der Waals surface area contributed by atoms with Gasteiger partial charge in [0.1, 0.15) is 11.6 Å². The molecule has 0 aliphatic carbocycles. The van der Waals surface area contributed by atoms with Gasteiger partial charge in [-0.1, -0.05) is 64.6 Å². The standard InChI is InChI=1S/C27H21BCl4F4N2O3/c1-3-37(4-2)24(39)16-8-10-19(29)17(12-16)15-9-11-21(22(13-15)41-14-26(34,35)36)38-25(40)23-18(6-5-7-20(23)33)28(38)27(30,31)32/h5-13H,3-4,14H2,1-2H3. The van der Waals surface area contributed by atoms with Gasteiger partial charge in [-0.2, -0.15) is 13.2 Å². The van der Waals surface area contributed by atoms with Crippen LogP contribution in [0.3, 0.4) is 0 Å². The number of anilines is 1. The highest BCUT2D eigenvalue weighted by atomic mass is 35.6. The fourth-order valence-corrected chi connectivity index (χ4v) is 5.54. The summed E-state index contributed by atoms with van der Waals surface area (Å²) in [5.74, 6) is -2.47. The van der Waals surface area contributed by atoms with Crippen molar-refractivity contribution in [3.8, 4) is 16.9 Å². The van der Waals surface area contributed by atoms with Gasteiger partial charge in [0.05, 0.1) is 11.3 Å². The van der Waals surface area contributed by atoms with Crippen molar-refractivity contribution in [2.45, 2.75) is 23.7 Å². The maximum absolute atomic E-state index is 14.7. The Balaban J connectivity index is 1.87. The van der Waals surface area contributed by atoms with E-state index in [0.29, 0.717) is 24.2 Å². The predicted octanol–water partition coefficient (Wildman–Crippen LogP) is 7.34. The van der Waals surface area contributed by atoms with Gasteiger partial charge in [-0.3, -0.25) is 9.59 Å². The van der Waals surface area contributed by atoms with Crippen LogP contribution < -0.4 is 15.0 Å². The molecule has 0 unspecified atom stereocenters. The summed E-state index contributed by atoms with van der Waals surface area (Å²) in [6.07, 6.45) is -4.74. The Morgan fingerprint density at radius 2 is 1.71 bits per heavy atom. The van der Waals surface area contributed by atoms with Crippen molar-refractivity contribution in [2.24, 2.45) is 0 Å². The highest BCUT2D eigenvalue weighted by molar-refractivity contribution is 7.05. The normalized spacial score (nSPS) is 13.5. The fourth-order valence-electron chi connectivity index (χ4n) is 4.67. The molecule has 3 aromatic carbocycles. The lowest BCUT2D eigenvalue weighted by atomic mass is 9.57. The summed E-state index contributed by atoms with van der Waals surface area (Å²) < 4.78 is 57.4. The first-order valence-electron chi connectivity index (χ1n) is 12.3. The number of hydrogen-bond acceptors (Lipinski definition) is 3. The number of hydrogen-bond donors (Lipinski definition) is 0. The minimum atomic E-state index is -4.74. The van der Waals surface area contributed by atoms with Gasteiger partial charge < -0.3 is 14.4 Å². The largest absolute Gasteiger partial charge is 0.482 e. The molecular formula is C27H21BCl4F4N2O3. The van der Waals surface area contributed by atoms with Crippen LogP contribution in [-0.4, -0.2) is 53.1 Å². The van der Waals surface area contributed by atoms with Crippen molar-refractivity contribution in [1.29, 1.82) is 0 Å². The Labute approximate surface area is 254 Å². The summed E-state index contributed by atoms with van der Waals surface area (Å²) in [4.78, 5) is 28.9. The van der Waals surface area contributed by atoms with Crippen LogP contribution >= 0.6 is 46.4 Å². The van der Waals surface area contributed by atoms with Crippen LogP contribution in [0.2, 0.25) is 5.02 Å². The molecule has 4 rings (SSSR count). The van der Waals surface area contributed by atoms with Crippen LogP contribution in [0.5, 0.6) is 5.75 Å². The first kappa shape index (κ1) is 31.3. The third kappa shape index (κ3) is 6.41. The lowest BCUT2D eigenvalue weighted by Gasteiger charge is -2.29. The molecule has 0 saturated heterocycles. The van der Waals surface area contributed by atoms with Gasteiger partial charge in [-0.25, -0.2) is 4.39 Å². The number of benzene rings is 3. The third-order valence-electron chi connectivity index (χ3n) is 6.53. The smallest absolute Gasteiger partial charge is 0.422 e. The van der Waals surface area contributed by atoms with E-state index in [-0.39, 0.29) is 33.2 Å². The van der Waals surface area contributed by atoms with Crippen molar-refractivity contribution in [1.82, 2.24) is 4.90 Å². The second kappa shape index (κ2) is 11.9. The SMILES string of the molecule is CCN(CC)C(=O)c1ccc(Cl)c(-c2ccc(N3B(C(Cl)(Cl)Cl)c4cccc(F)c4C3=O)c(OCC(F)(F)F)c2)c1. The van der Waals surface area contributed by atoms with Crippen molar-refractivity contribution < 1.29 is 31.9 Å². The Morgan fingerprint density at radius 3 is 2.32 bits per heavy atom. The lowest BCUT2D eigenvalue weighted by molar-refractivity contribution is -0.153. The molecule has 0 radical (unpaired) electrons. The Kier molecular flexibility index (Phi) is 9.09. The fraction of sp³-hybridized carbons (Fsp3) is 0.259. The van der Waals surface area contributed by atoms with Crippen molar-refractivity contribution in [3.05, 3.63) is 76.6 Å². The zero-order valence-electron chi connectivity index (χ0n) is 21.5. The van der Waals surface area contributed by atoms with Crippen LogP contribution in [0.15, 0.2) is 54.6 Å². The molecule has 1 heterocycles. The first-order chi connectivity index (χ1) is 19.2. The van der Waals surface area contributed by atoms with E-state index in [1.807, 2.05) is 13.8 Å². The van der Waals surface area contributed by atoms with E-state index in [9.17, 15) is 27.2 Å². The molecule has 41 heavy (non-hydrogen) atoms. The second-order valence-corrected chi connectivity index (χ2v) is 11.9. The van der Waals surface area contributed by atoms with Gasteiger partial charge >= 0.3 is 13.0 Å². The lowest BCUT2D eigenvalue weighted by Crippen LogP contribution is -2.53. The van der Waals surface area contributed by atoms with Gasteiger partial charge in [0.25, 0.3) is 5.91 Å². The van der Waals surface area contributed by atoms with Gasteiger partial charge in [-0.15, -0.1) is 0 Å². The molecule has 14 heteroatoms. The number of alkyl halides is 6. The number of ether oxygens (including phenoxy) is 1. The van der Waals surface area contributed by atoms with Gasteiger partial charge in [-0.05, 0) is 61.3 Å². The van der Waals surface area contributed by atoms with Crippen molar-refractivity contribution in [2.75, 3.05) is 24.5 Å². The molecule has 3 aromatic rings. The average Bonchev–Trinajstić information content (AvgIpc) is 3.21.